The van der Waals surface area contributed by atoms with E-state index in [0.29, 0.717) is 56.2 Å². The zero-order chi connectivity index (χ0) is 26.4. The Morgan fingerprint density at radius 3 is 2.50 bits per heavy atom. The number of halogens is 3. The predicted molar refractivity (Wildman–Crippen MR) is 127 cm³/mol. The lowest BCUT2D eigenvalue weighted by atomic mass is 9.85. The molecule has 2 atom stereocenters. The third kappa shape index (κ3) is 5.12. The lowest BCUT2D eigenvalue weighted by Gasteiger charge is -2.37. The fourth-order valence-corrected chi connectivity index (χ4v) is 4.81. The van der Waals surface area contributed by atoms with Gasteiger partial charge in [0.25, 0.3) is 0 Å². The SMILES string of the molecule is CN1CCc2c(c(-c3cc(F)c(F)cc3F)nn2C(=O)NC(C(=O)N2CCCC(O)C2)C(C)(C)C)C1. The number of piperidine rings is 1. The fourth-order valence-electron chi connectivity index (χ4n) is 4.81. The molecule has 4 rings (SSSR count). The summed E-state index contributed by atoms with van der Waals surface area (Å²) < 4.78 is 43.3. The van der Waals surface area contributed by atoms with Crippen molar-refractivity contribution >= 4 is 11.9 Å². The molecule has 2 aliphatic rings. The second-order valence-electron chi connectivity index (χ2n) is 10.7. The number of likely N-dealkylation sites (tertiary alicyclic amines) is 1. The Bertz CT molecular complexity index is 1180. The van der Waals surface area contributed by atoms with Crippen molar-refractivity contribution in [3.8, 4) is 11.3 Å². The molecule has 1 aromatic heterocycles. The van der Waals surface area contributed by atoms with Crippen LogP contribution in [0.5, 0.6) is 0 Å². The number of likely N-dealkylation sites (N-methyl/N-ethyl adjacent to an activating group) is 1. The van der Waals surface area contributed by atoms with E-state index in [1.54, 1.807) is 4.90 Å². The second-order valence-corrected chi connectivity index (χ2v) is 10.7. The van der Waals surface area contributed by atoms with Crippen molar-refractivity contribution in [2.75, 3.05) is 26.7 Å². The van der Waals surface area contributed by atoms with Crippen molar-refractivity contribution in [3.05, 3.63) is 40.8 Å². The number of benzene rings is 1. The Balaban J connectivity index is 1.70. The Hall–Kier alpha value is -2.92. The second kappa shape index (κ2) is 9.85. The average Bonchev–Trinajstić information content (AvgIpc) is 3.17. The molecule has 0 saturated carbocycles. The number of nitrogens with zero attached hydrogens (tertiary/aromatic N) is 4. The number of amides is 2. The summed E-state index contributed by atoms with van der Waals surface area (Å²) in [6.45, 7) is 7.11. The molecule has 1 fully saturated rings. The molecule has 1 aromatic carbocycles. The first-order valence-electron chi connectivity index (χ1n) is 12.1. The summed E-state index contributed by atoms with van der Waals surface area (Å²) in [5.74, 6) is -3.82. The van der Waals surface area contributed by atoms with Gasteiger partial charge in [0.2, 0.25) is 5.91 Å². The minimum atomic E-state index is -1.31. The lowest BCUT2D eigenvalue weighted by Crippen LogP contribution is -2.57. The molecule has 1 saturated heterocycles. The van der Waals surface area contributed by atoms with Crippen LogP contribution in [0.3, 0.4) is 0 Å². The van der Waals surface area contributed by atoms with E-state index < -0.39 is 41.0 Å². The van der Waals surface area contributed by atoms with Crippen LogP contribution in [0.4, 0.5) is 18.0 Å². The largest absolute Gasteiger partial charge is 0.391 e. The number of nitrogens with one attached hydrogen (secondary N) is 1. The van der Waals surface area contributed by atoms with Crippen LogP contribution in [-0.4, -0.2) is 75.5 Å². The van der Waals surface area contributed by atoms with Crippen LogP contribution in [0, 0.1) is 22.9 Å². The molecule has 0 radical (unpaired) electrons. The number of carbonyl (C=O) groups is 2. The number of hydrogen-bond acceptors (Lipinski definition) is 5. The van der Waals surface area contributed by atoms with Gasteiger partial charge in [-0.3, -0.25) is 4.79 Å². The number of carbonyl (C=O) groups excluding carboxylic acids is 2. The Morgan fingerprint density at radius 2 is 1.83 bits per heavy atom. The van der Waals surface area contributed by atoms with Crippen molar-refractivity contribution in [1.29, 1.82) is 0 Å². The quantitative estimate of drug-likeness (QED) is 0.624. The summed E-state index contributed by atoms with van der Waals surface area (Å²) >= 11 is 0. The summed E-state index contributed by atoms with van der Waals surface area (Å²) in [6, 6.07) is -0.377. The van der Waals surface area contributed by atoms with Crippen LogP contribution in [0.25, 0.3) is 11.3 Å². The van der Waals surface area contributed by atoms with Gasteiger partial charge in [0, 0.05) is 49.8 Å². The van der Waals surface area contributed by atoms with Gasteiger partial charge in [-0.2, -0.15) is 9.78 Å². The molecular formula is C25H32F3N5O3. The molecule has 8 nitrogen and oxygen atoms in total. The zero-order valence-corrected chi connectivity index (χ0v) is 20.9. The molecule has 196 valence electrons. The van der Waals surface area contributed by atoms with E-state index in [1.165, 1.54) is 0 Å². The van der Waals surface area contributed by atoms with Gasteiger partial charge in [-0.05, 0) is 31.4 Å². The Morgan fingerprint density at radius 1 is 1.14 bits per heavy atom. The topological polar surface area (TPSA) is 90.7 Å². The van der Waals surface area contributed by atoms with Crippen LogP contribution < -0.4 is 5.32 Å². The highest BCUT2D eigenvalue weighted by Crippen LogP contribution is 2.32. The third-order valence-electron chi connectivity index (χ3n) is 6.79. The molecule has 2 unspecified atom stereocenters. The number of fused-ring (bicyclic) bond motifs is 1. The molecule has 2 aliphatic heterocycles. The minimum Gasteiger partial charge on any atom is -0.391 e. The normalized spacial score (nSPS) is 19.7. The van der Waals surface area contributed by atoms with Gasteiger partial charge >= 0.3 is 6.03 Å². The van der Waals surface area contributed by atoms with Gasteiger partial charge in [-0.15, -0.1) is 0 Å². The smallest absolute Gasteiger partial charge is 0.343 e. The van der Waals surface area contributed by atoms with Gasteiger partial charge in [-0.25, -0.2) is 18.0 Å². The van der Waals surface area contributed by atoms with Gasteiger partial charge in [0.15, 0.2) is 11.6 Å². The van der Waals surface area contributed by atoms with Crippen molar-refractivity contribution in [2.45, 2.75) is 58.7 Å². The number of aliphatic hydroxyl groups is 1. The van der Waals surface area contributed by atoms with Crippen molar-refractivity contribution in [1.82, 2.24) is 24.9 Å². The molecule has 3 heterocycles. The molecule has 11 heteroatoms. The highest BCUT2D eigenvalue weighted by atomic mass is 19.2. The molecule has 2 N–H and O–H groups in total. The monoisotopic (exact) mass is 507 g/mol. The van der Waals surface area contributed by atoms with Crippen molar-refractivity contribution < 1.29 is 27.9 Å². The molecule has 36 heavy (non-hydrogen) atoms. The van der Waals surface area contributed by atoms with E-state index in [-0.39, 0.29) is 23.7 Å². The number of rotatable bonds is 3. The van der Waals surface area contributed by atoms with Crippen LogP contribution >= 0.6 is 0 Å². The van der Waals surface area contributed by atoms with E-state index >= 15 is 0 Å². The maximum Gasteiger partial charge on any atom is 0.343 e. The maximum absolute atomic E-state index is 14.7. The predicted octanol–water partition coefficient (Wildman–Crippen LogP) is 2.91. The molecule has 0 spiro atoms. The highest BCUT2D eigenvalue weighted by molar-refractivity contribution is 5.89. The average molecular weight is 508 g/mol. The summed E-state index contributed by atoms with van der Waals surface area (Å²) in [4.78, 5) is 30.4. The summed E-state index contributed by atoms with van der Waals surface area (Å²) in [5, 5.41) is 17.1. The first kappa shape index (κ1) is 26.2. The van der Waals surface area contributed by atoms with Gasteiger partial charge < -0.3 is 20.2 Å². The first-order valence-corrected chi connectivity index (χ1v) is 12.1. The van der Waals surface area contributed by atoms with E-state index in [2.05, 4.69) is 10.4 Å². The zero-order valence-electron chi connectivity index (χ0n) is 20.9. The molecular weight excluding hydrogens is 475 g/mol. The molecule has 0 bridgehead atoms. The van der Waals surface area contributed by atoms with E-state index in [0.717, 1.165) is 10.7 Å². The number of hydrogen-bond donors (Lipinski definition) is 2. The lowest BCUT2D eigenvalue weighted by molar-refractivity contribution is -0.138. The van der Waals surface area contributed by atoms with Gasteiger partial charge in [0.1, 0.15) is 17.6 Å². The molecule has 0 aliphatic carbocycles. The Kier molecular flexibility index (Phi) is 7.16. The number of aliphatic hydroxyl groups excluding tert-OH is 1. The van der Waals surface area contributed by atoms with Crippen LogP contribution in [0.15, 0.2) is 12.1 Å². The summed E-state index contributed by atoms with van der Waals surface area (Å²) in [5.41, 5.74) is 0.232. The van der Waals surface area contributed by atoms with Crippen molar-refractivity contribution in [2.24, 2.45) is 5.41 Å². The van der Waals surface area contributed by atoms with E-state index in [9.17, 15) is 27.9 Å². The van der Waals surface area contributed by atoms with Crippen LogP contribution in [0.1, 0.15) is 44.9 Å². The van der Waals surface area contributed by atoms with Crippen molar-refractivity contribution in [3.63, 3.8) is 0 Å². The van der Waals surface area contributed by atoms with Crippen LogP contribution in [0.2, 0.25) is 0 Å². The first-order chi connectivity index (χ1) is 16.9. The Labute approximate surface area is 208 Å². The van der Waals surface area contributed by atoms with E-state index in [4.69, 9.17) is 0 Å². The minimum absolute atomic E-state index is 0.0564. The number of aromatic nitrogens is 2. The van der Waals surface area contributed by atoms with Gasteiger partial charge in [0.05, 0.1) is 11.8 Å². The van der Waals surface area contributed by atoms with Gasteiger partial charge in [-0.1, -0.05) is 20.8 Å². The highest BCUT2D eigenvalue weighted by Gasteiger charge is 2.38. The molecule has 2 aromatic rings. The third-order valence-corrected chi connectivity index (χ3v) is 6.79. The van der Waals surface area contributed by atoms with Crippen LogP contribution in [-0.2, 0) is 17.8 Å². The van der Waals surface area contributed by atoms with E-state index in [1.807, 2.05) is 32.7 Å². The summed E-state index contributed by atoms with van der Waals surface area (Å²) in [7, 11) is 1.85. The number of β-amino-alcohol motifs (C(OH)–C–C–N with tert-alkyl or cyclic N) is 1. The standard InChI is InChI=1S/C25H32F3N5O3/c1-25(2,3)22(23(35)32-8-5-6-14(34)12-32)29-24(36)33-20-7-9-31(4)13-16(20)21(30-33)15-10-18(27)19(28)11-17(15)26/h10-11,14,22,34H,5-9,12-13H2,1-4H3,(H,29,36). The maximum atomic E-state index is 14.7. The summed E-state index contributed by atoms with van der Waals surface area (Å²) in [6.07, 6.45) is 1.10. The molecule has 2 amide bonds. The fraction of sp³-hybridized carbons (Fsp3) is 0.560.